The van der Waals surface area contributed by atoms with Gasteiger partial charge in [0, 0.05) is 14.1 Å². The number of hydrogen-bond donors (Lipinski definition) is 0. The first kappa shape index (κ1) is 17.3. The number of likely N-dealkylation sites (N-methyl/N-ethyl adjacent to an activating group) is 1. The second-order valence-corrected chi connectivity index (χ2v) is 1.73. The van der Waals surface area contributed by atoms with E-state index >= 15 is 0 Å². The van der Waals surface area contributed by atoms with Crippen LogP contribution in [0.25, 0.3) is 0 Å². The van der Waals surface area contributed by atoms with Crippen LogP contribution in [0.2, 0.25) is 0 Å². The van der Waals surface area contributed by atoms with Crippen molar-refractivity contribution in [2.75, 3.05) is 14.1 Å². The lowest BCUT2D eigenvalue weighted by molar-refractivity contribution is -0.123. The van der Waals surface area contributed by atoms with Crippen molar-refractivity contribution in [3.05, 3.63) is 12.2 Å². The van der Waals surface area contributed by atoms with Crippen molar-refractivity contribution < 1.29 is 4.79 Å². The third-order valence-corrected chi connectivity index (χ3v) is 0.750. The summed E-state index contributed by atoms with van der Waals surface area (Å²) in [4.78, 5) is 12.1. The van der Waals surface area contributed by atoms with Gasteiger partial charge in [-0.2, -0.15) is 0 Å². The molecule has 2 heteroatoms. The van der Waals surface area contributed by atoms with E-state index in [2.05, 4.69) is 0 Å². The highest BCUT2D eigenvalue weighted by Gasteiger charge is 1.92. The fraction of sp³-hybridized carbons (Fsp3) is 0.700. The van der Waals surface area contributed by atoms with E-state index in [0.29, 0.717) is 0 Å². The van der Waals surface area contributed by atoms with E-state index in [-0.39, 0.29) is 5.91 Å². The zero-order chi connectivity index (χ0) is 10.6. The summed E-state index contributed by atoms with van der Waals surface area (Å²) >= 11 is 0. The zero-order valence-corrected chi connectivity index (χ0v) is 9.51. The normalized spacial score (nSPS) is 7.58. The first-order valence-corrected chi connectivity index (χ1v) is 4.52. The first-order valence-electron chi connectivity index (χ1n) is 4.52. The van der Waals surface area contributed by atoms with Crippen molar-refractivity contribution in [3.8, 4) is 0 Å². The Bertz CT molecular complexity index is 106. The van der Waals surface area contributed by atoms with E-state index in [9.17, 15) is 4.79 Å². The third-order valence-electron chi connectivity index (χ3n) is 0.750. The molecule has 2 nitrogen and oxygen atoms in total. The molecule has 0 rings (SSSR count). The molecule has 0 N–H and O–H groups in total. The van der Waals surface area contributed by atoms with Crippen LogP contribution in [0.15, 0.2) is 12.2 Å². The first-order chi connectivity index (χ1) is 5.68. The molecule has 0 aliphatic heterocycles. The second kappa shape index (κ2) is 16.7. The van der Waals surface area contributed by atoms with Gasteiger partial charge in [0.15, 0.2) is 0 Å². The van der Waals surface area contributed by atoms with Crippen molar-refractivity contribution in [2.24, 2.45) is 0 Å². The standard InChI is InChI=1S/C6H11NO.2C2H6/c1-4-5-6(8)7(2)3;2*1-2/h4-5H,1-3H3;2*1-2H3/b5-4-;;. The average Bonchev–Trinajstić information content (AvgIpc) is 2.12. The number of carbonyl (C=O) groups is 1. The summed E-state index contributed by atoms with van der Waals surface area (Å²) in [6.45, 7) is 9.82. The maximum Gasteiger partial charge on any atom is 0.245 e. The minimum atomic E-state index is 0.0347. The van der Waals surface area contributed by atoms with E-state index in [4.69, 9.17) is 0 Å². The molecule has 0 aliphatic carbocycles. The Balaban J connectivity index is -0.000000175. The molecule has 0 heterocycles. The number of allylic oxidation sites excluding steroid dienone is 1. The van der Waals surface area contributed by atoms with Crippen LogP contribution in [0.1, 0.15) is 34.6 Å². The highest BCUT2D eigenvalue weighted by molar-refractivity contribution is 5.86. The van der Waals surface area contributed by atoms with Gasteiger partial charge in [-0.15, -0.1) is 0 Å². The number of nitrogens with zero attached hydrogens (tertiary/aromatic N) is 1. The third kappa shape index (κ3) is 16.1. The van der Waals surface area contributed by atoms with E-state index in [1.807, 2.05) is 34.6 Å². The van der Waals surface area contributed by atoms with Crippen molar-refractivity contribution in [2.45, 2.75) is 34.6 Å². The summed E-state index contributed by atoms with van der Waals surface area (Å²) in [6, 6.07) is 0. The van der Waals surface area contributed by atoms with Gasteiger partial charge in [-0.1, -0.05) is 33.8 Å². The maximum absolute atomic E-state index is 10.6. The van der Waals surface area contributed by atoms with Gasteiger partial charge in [0.1, 0.15) is 0 Å². The monoisotopic (exact) mass is 173 g/mol. The summed E-state index contributed by atoms with van der Waals surface area (Å²) in [6.07, 6.45) is 3.25. The van der Waals surface area contributed by atoms with Gasteiger partial charge in [0.05, 0.1) is 0 Å². The van der Waals surface area contributed by atoms with Gasteiger partial charge in [0.25, 0.3) is 0 Å². The van der Waals surface area contributed by atoms with Crippen molar-refractivity contribution in [1.29, 1.82) is 0 Å². The smallest absolute Gasteiger partial charge is 0.245 e. The lowest BCUT2D eigenvalue weighted by Gasteiger charge is -2.03. The molecule has 0 saturated heterocycles. The van der Waals surface area contributed by atoms with Gasteiger partial charge < -0.3 is 4.90 Å². The summed E-state index contributed by atoms with van der Waals surface area (Å²) < 4.78 is 0. The van der Waals surface area contributed by atoms with Crippen molar-refractivity contribution in [1.82, 2.24) is 4.90 Å². The highest BCUT2D eigenvalue weighted by Crippen LogP contribution is 1.78. The molecule has 0 unspecified atom stereocenters. The van der Waals surface area contributed by atoms with E-state index in [1.165, 1.54) is 11.0 Å². The Hall–Kier alpha value is -0.790. The van der Waals surface area contributed by atoms with Crippen LogP contribution in [-0.2, 0) is 4.79 Å². The number of carbonyl (C=O) groups excluding carboxylic acids is 1. The van der Waals surface area contributed by atoms with Crippen LogP contribution in [-0.4, -0.2) is 24.9 Å². The lowest BCUT2D eigenvalue weighted by Crippen LogP contribution is -2.18. The minimum Gasteiger partial charge on any atom is -0.345 e. The Morgan fingerprint density at radius 1 is 1.08 bits per heavy atom. The van der Waals surface area contributed by atoms with E-state index < -0.39 is 0 Å². The molecular formula is C10H23NO. The number of rotatable bonds is 1. The minimum absolute atomic E-state index is 0.0347. The molecule has 0 radical (unpaired) electrons. The van der Waals surface area contributed by atoms with Crippen LogP contribution in [0.4, 0.5) is 0 Å². The molecule has 0 aromatic rings. The fourth-order valence-electron chi connectivity index (χ4n) is 0.292. The maximum atomic E-state index is 10.6. The summed E-state index contributed by atoms with van der Waals surface area (Å²) in [7, 11) is 3.45. The van der Waals surface area contributed by atoms with Crippen LogP contribution in [0.3, 0.4) is 0 Å². The van der Waals surface area contributed by atoms with Gasteiger partial charge in [-0.05, 0) is 13.0 Å². The van der Waals surface area contributed by atoms with Crippen molar-refractivity contribution >= 4 is 5.91 Å². The molecule has 0 saturated carbocycles. The summed E-state index contributed by atoms with van der Waals surface area (Å²) in [5.41, 5.74) is 0. The molecule has 74 valence electrons. The predicted octanol–water partition coefficient (Wildman–Crippen LogP) is 2.70. The molecule has 1 amide bonds. The number of hydrogen-bond acceptors (Lipinski definition) is 1. The molecule has 12 heavy (non-hydrogen) atoms. The molecule has 0 aliphatic rings. The van der Waals surface area contributed by atoms with Crippen molar-refractivity contribution in [3.63, 3.8) is 0 Å². The molecule has 0 aromatic carbocycles. The Kier molecular flexibility index (Phi) is 24.1. The number of amides is 1. The average molecular weight is 173 g/mol. The molecule has 0 atom stereocenters. The Morgan fingerprint density at radius 2 is 1.42 bits per heavy atom. The van der Waals surface area contributed by atoms with Gasteiger partial charge in [0.2, 0.25) is 5.91 Å². The lowest BCUT2D eigenvalue weighted by atomic mass is 10.5. The van der Waals surface area contributed by atoms with Crippen LogP contribution >= 0.6 is 0 Å². The summed E-state index contributed by atoms with van der Waals surface area (Å²) in [5, 5.41) is 0. The summed E-state index contributed by atoms with van der Waals surface area (Å²) in [5.74, 6) is 0.0347. The molecular weight excluding hydrogens is 150 g/mol. The van der Waals surface area contributed by atoms with Crippen LogP contribution in [0, 0.1) is 0 Å². The quantitative estimate of drug-likeness (QED) is 0.558. The van der Waals surface area contributed by atoms with Gasteiger partial charge >= 0.3 is 0 Å². The SMILES string of the molecule is C/C=C\C(=O)N(C)C.CC.CC. The molecule has 0 spiro atoms. The molecule has 0 fully saturated rings. The van der Waals surface area contributed by atoms with E-state index in [0.717, 1.165) is 0 Å². The Morgan fingerprint density at radius 3 is 1.50 bits per heavy atom. The molecule has 0 bridgehead atoms. The Labute approximate surface area is 77.3 Å². The van der Waals surface area contributed by atoms with Crippen LogP contribution < -0.4 is 0 Å². The predicted molar refractivity (Wildman–Crippen MR) is 56.2 cm³/mol. The highest BCUT2D eigenvalue weighted by atomic mass is 16.2. The van der Waals surface area contributed by atoms with Crippen LogP contribution in [0.5, 0.6) is 0 Å². The van der Waals surface area contributed by atoms with Gasteiger partial charge in [-0.25, -0.2) is 0 Å². The molecule has 0 aromatic heterocycles. The zero-order valence-electron chi connectivity index (χ0n) is 9.51. The van der Waals surface area contributed by atoms with Gasteiger partial charge in [-0.3, -0.25) is 4.79 Å². The second-order valence-electron chi connectivity index (χ2n) is 1.73. The largest absolute Gasteiger partial charge is 0.345 e. The topological polar surface area (TPSA) is 20.3 Å². The fourth-order valence-corrected chi connectivity index (χ4v) is 0.292. The van der Waals surface area contributed by atoms with E-state index in [1.54, 1.807) is 20.2 Å².